The Morgan fingerprint density at radius 3 is 2.33 bits per heavy atom. The first-order valence-corrected chi connectivity index (χ1v) is 21.4. The largest absolute Gasteiger partial charge is 0.493 e. The van der Waals surface area contributed by atoms with E-state index in [4.69, 9.17) is 38.9 Å². The molecule has 15 nitrogen and oxygen atoms in total. The Bertz CT molecular complexity index is 1640. The number of nitrogens with two attached hydrogens (primary N) is 1. The van der Waals surface area contributed by atoms with Crippen LogP contribution in [-0.2, 0) is 38.0 Å². The van der Waals surface area contributed by atoms with Crippen molar-refractivity contribution in [2.75, 3.05) is 14.2 Å². The van der Waals surface area contributed by atoms with Gasteiger partial charge in [-0.3, -0.25) is 0 Å². The van der Waals surface area contributed by atoms with E-state index in [-0.39, 0.29) is 53.8 Å². The Hall–Kier alpha value is -3.54. The van der Waals surface area contributed by atoms with Gasteiger partial charge in [0.05, 0.1) is 56.9 Å². The van der Waals surface area contributed by atoms with Gasteiger partial charge in [0.2, 0.25) is 5.76 Å². The highest BCUT2D eigenvalue weighted by molar-refractivity contribution is 5.87. The highest BCUT2D eigenvalue weighted by Gasteiger charge is 2.52. The van der Waals surface area contributed by atoms with Crippen molar-refractivity contribution in [1.82, 2.24) is 0 Å². The molecule has 15 heteroatoms. The summed E-state index contributed by atoms with van der Waals surface area (Å²) in [6, 6.07) is 0. The first kappa shape index (κ1) is 51.8. The molecule has 0 aromatic rings. The van der Waals surface area contributed by atoms with Crippen LogP contribution in [0.4, 0.5) is 4.79 Å². The minimum atomic E-state index is -1.99. The second-order valence-corrected chi connectivity index (χ2v) is 17.1. The third-order valence-electron chi connectivity index (χ3n) is 12.4. The molecule has 0 radical (unpaired) electrons. The third kappa shape index (κ3) is 13.5. The van der Waals surface area contributed by atoms with Gasteiger partial charge in [-0.25, -0.2) is 9.59 Å². The number of hydrogen-bond donors (Lipinski definition) is 6. The topological polar surface area (TPSA) is 226 Å². The van der Waals surface area contributed by atoms with Crippen molar-refractivity contribution < 1.29 is 68.3 Å². The third-order valence-corrected chi connectivity index (χ3v) is 12.4. The number of aliphatic hydroxyl groups is 5. The van der Waals surface area contributed by atoms with Gasteiger partial charge < -0.3 is 64.4 Å². The molecule has 346 valence electrons. The second kappa shape index (κ2) is 23.2. The predicted octanol–water partition coefficient (Wildman–Crippen LogP) is 5.46. The van der Waals surface area contributed by atoms with Crippen LogP contribution in [0.5, 0.6) is 0 Å². The molecule has 2 saturated heterocycles. The fraction of sp³-hybridized carbons (Fsp3) is 0.696. The van der Waals surface area contributed by atoms with E-state index in [9.17, 15) is 35.1 Å². The molecule has 61 heavy (non-hydrogen) atoms. The summed E-state index contributed by atoms with van der Waals surface area (Å²) in [6.45, 7) is 18.0. The van der Waals surface area contributed by atoms with E-state index in [0.29, 0.717) is 18.4 Å². The van der Waals surface area contributed by atoms with E-state index >= 15 is 0 Å². The van der Waals surface area contributed by atoms with Crippen LogP contribution < -0.4 is 5.73 Å². The summed E-state index contributed by atoms with van der Waals surface area (Å²) < 4.78 is 41.1. The molecular weight excluding hydrogens is 790 g/mol. The average molecular weight is 864 g/mol. The van der Waals surface area contributed by atoms with Crippen LogP contribution in [0.2, 0.25) is 0 Å². The second-order valence-electron chi connectivity index (χ2n) is 17.1. The zero-order valence-electron chi connectivity index (χ0n) is 38.0. The number of amides is 1. The SMILES string of the molecule is C/C=C/[C@H]1O[C@@](O)([C@@H](C)[C@H](O)[C@H](C)/C2=C(OC)/C=C\C=C(\C)C[C@H](C)[C@@H](O)[C@@H](CC)C(O)[C@@H](C)/C=C(C)\C=C(\OC)C(=O)O2)C[C@@H](OC2CC(O)C(OC(N)=O)C(C)O2)[C@@H]1C. The number of ether oxygens (including phenoxy) is 7. The van der Waals surface area contributed by atoms with E-state index in [1.165, 1.54) is 20.3 Å². The number of rotatable bonds is 11. The van der Waals surface area contributed by atoms with E-state index in [0.717, 1.165) is 5.57 Å². The molecular formula is C46H73NO14. The quantitative estimate of drug-likeness (QED) is 0.112. The van der Waals surface area contributed by atoms with Crippen LogP contribution in [0.3, 0.4) is 0 Å². The van der Waals surface area contributed by atoms with Gasteiger partial charge in [0.25, 0.3) is 0 Å². The standard InChI is InChI=1S/C46H73NO14/c1-13-16-34-28(7)37(58-38-22-33(48)43(31(10)57-38)60-45(47)53)23-46(54,61-34)30(9)41(51)29(8)42-35(55-11)18-15-17-24(3)19-26(5)39(49)32(14-2)40(50)27(6)20-25(4)21-36(56-12)44(52)59-42/h13,15-18,20-21,26-34,37-41,43,48-51,54H,14,19,22-23H2,1-12H3,(H2,47,53)/b16-13+,18-15-,24-17-,25-20-,36-21+,42-35+/t26-,27-,28+,29-,30-,31?,32+,33?,34+,37+,38?,39+,40?,41+,43?,46+/m0/s1. The van der Waals surface area contributed by atoms with Gasteiger partial charge in [-0.05, 0) is 58.6 Å². The molecule has 0 aromatic heterocycles. The summed E-state index contributed by atoms with van der Waals surface area (Å²) in [4.78, 5) is 25.3. The van der Waals surface area contributed by atoms with Gasteiger partial charge in [0.1, 0.15) is 0 Å². The molecule has 0 spiro atoms. The summed E-state index contributed by atoms with van der Waals surface area (Å²) in [7, 11) is 2.73. The number of hydrogen-bond acceptors (Lipinski definition) is 14. The van der Waals surface area contributed by atoms with Crippen molar-refractivity contribution >= 4 is 12.1 Å². The lowest BCUT2D eigenvalue weighted by Crippen LogP contribution is -2.58. The number of aliphatic hydroxyl groups excluding tert-OH is 4. The number of allylic oxidation sites excluding steroid dienone is 7. The average Bonchev–Trinajstić information content (AvgIpc) is 3.19. The Kier molecular flexibility index (Phi) is 19.7. The Morgan fingerprint density at radius 1 is 1.08 bits per heavy atom. The van der Waals surface area contributed by atoms with Gasteiger partial charge >= 0.3 is 12.1 Å². The minimum Gasteiger partial charge on any atom is -0.493 e. The normalized spacial score (nSPS) is 40.9. The predicted molar refractivity (Wildman–Crippen MR) is 228 cm³/mol. The van der Waals surface area contributed by atoms with Crippen LogP contribution in [0.15, 0.2) is 71.0 Å². The Balaban J connectivity index is 2.04. The van der Waals surface area contributed by atoms with E-state index in [2.05, 4.69) is 0 Å². The molecule has 0 bridgehead atoms. The van der Waals surface area contributed by atoms with Gasteiger partial charge in [-0.2, -0.15) is 0 Å². The molecule has 3 heterocycles. The summed E-state index contributed by atoms with van der Waals surface area (Å²) in [5.41, 5.74) is 6.74. The molecule has 5 unspecified atom stereocenters. The molecule has 16 atom stereocenters. The van der Waals surface area contributed by atoms with Crippen molar-refractivity contribution in [2.45, 2.75) is 156 Å². The van der Waals surface area contributed by atoms with Gasteiger partial charge in [0.15, 0.2) is 29.7 Å². The van der Waals surface area contributed by atoms with Crippen molar-refractivity contribution in [3.8, 4) is 0 Å². The molecule has 3 aliphatic rings. The maximum atomic E-state index is 13.9. The molecule has 2 fully saturated rings. The number of esters is 1. The maximum Gasteiger partial charge on any atom is 0.404 e. The fourth-order valence-corrected chi connectivity index (χ4v) is 8.64. The molecule has 0 aromatic carbocycles. The van der Waals surface area contributed by atoms with Crippen molar-refractivity contribution in [1.29, 1.82) is 0 Å². The lowest BCUT2D eigenvalue weighted by molar-refractivity contribution is -0.337. The molecule has 3 aliphatic heterocycles. The number of carbonyl (C=O) groups is 2. The molecule has 7 N–H and O–H groups in total. The molecule has 0 aliphatic carbocycles. The zero-order valence-corrected chi connectivity index (χ0v) is 38.0. The smallest absolute Gasteiger partial charge is 0.404 e. The highest BCUT2D eigenvalue weighted by Crippen LogP contribution is 2.43. The zero-order chi connectivity index (χ0) is 45.9. The van der Waals surface area contributed by atoms with Gasteiger partial charge in [-0.1, -0.05) is 83.1 Å². The maximum absolute atomic E-state index is 13.9. The number of cyclic esters (lactones) is 1. The lowest BCUT2D eigenvalue weighted by Gasteiger charge is -2.49. The Morgan fingerprint density at radius 2 is 1.75 bits per heavy atom. The van der Waals surface area contributed by atoms with Crippen LogP contribution in [0.25, 0.3) is 0 Å². The monoisotopic (exact) mass is 864 g/mol. The van der Waals surface area contributed by atoms with E-state index < -0.39 is 84.8 Å². The van der Waals surface area contributed by atoms with Crippen LogP contribution >= 0.6 is 0 Å². The number of methoxy groups -OCH3 is 2. The lowest BCUT2D eigenvalue weighted by atomic mass is 9.78. The van der Waals surface area contributed by atoms with Gasteiger partial charge in [0, 0.05) is 42.4 Å². The van der Waals surface area contributed by atoms with Gasteiger partial charge in [-0.15, -0.1) is 0 Å². The molecule has 0 saturated carbocycles. The molecule has 1 amide bonds. The summed E-state index contributed by atoms with van der Waals surface area (Å²) in [5, 5.41) is 58.0. The Labute approximate surface area is 361 Å². The van der Waals surface area contributed by atoms with Crippen molar-refractivity contribution in [3.63, 3.8) is 0 Å². The number of carbonyl (C=O) groups excluding carboxylic acids is 2. The highest BCUT2D eigenvalue weighted by atomic mass is 16.7. The fourth-order valence-electron chi connectivity index (χ4n) is 8.64. The molecule has 3 rings (SSSR count). The first-order valence-electron chi connectivity index (χ1n) is 21.4. The first-order chi connectivity index (χ1) is 28.6. The van der Waals surface area contributed by atoms with E-state index in [1.54, 1.807) is 58.1 Å². The summed E-state index contributed by atoms with van der Waals surface area (Å²) in [6.07, 6.45) is 3.76. The van der Waals surface area contributed by atoms with Crippen LogP contribution in [0, 0.1) is 35.5 Å². The van der Waals surface area contributed by atoms with E-state index in [1.807, 2.05) is 47.6 Å². The van der Waals surface area contributed by atoms with Crippen molar-refractivity contribution in [3.05, 3.63) is 71.0 Å². The summed E-state index contributed by atoms with van der Waals surface area (Å²) in [5.74, 6) is -6.23. The van der Waals surface area contributed by atoms with Crippen molar-refractivity contribution in [2.24, 2.45) is 41.2 Å². The van der Waals surface area contributed by atoms with Crippen LogP contribution in [0.1, 0.15) is 94.9 Å². The summed E-state index contributed by atoms with van der Waals surface area (Å²) >= 11 is 0. The van der Waals surface area contributed by atoms with Crippen LogP contribution in [-0.4, -0.2) is 113 Å². The number of primary amides is 1. The minimum absolute atomic E-state index is 0.0374.